The summed E-state index contributed by atoms with van der Waals surface area (Å²) in [6, 6.07) is 0.202. The van der Waals surface area contributed by atoms with Gasteiger partial charge in [-0.2, -0.15) is 0 Å². The Balaban J connectivity index is 1.70. The van der Waals surface area contributed by atoms with Crippen LogP contribution in [0.5, 0.6) is 0 Å². The average Bonchev–Trinajstić information content (AvgIpc) is 2.79. The minimum absolute atomic E-state index is 0.0397. The van der Waals surface area contributed by atoms with Gasteiger partial charge in [0, 0.05) is 18.6 Å². The van der Waals surface area contributed by atoms with Gasteiger partial charge in [0.25, 0.3) is 0 Å². The monoisotopic (exact) mass is 283 g/mol. The van der Waals surface area contributed by atoms with Crippen LogP contribution in [0.2, 0.25) is 0 Å². The molecule has 2 aliphatic carbocycles. The summed E-state index contributed by atoms with van der Waals surface area (Å²) in [5, 5.41) is 14.3. The zero-order valence-electron chi connectivity index (χ0n) is 11.9. The van der Waals surface area contributed by atoms with Crippen LogP contribution in [0, 0.1) is 0 Å². The van der Waals surface area contributed by atoms with Gasteiger partial charge in [0.15, 0.2) is 0 Å². The lowest BCUT2D eigenvalue weighted by Gasteiger charge is -2.36. The molecule has 0 unspecified atom stereocenters. The molecule has 6 heteroatoms. The third-order valence-corrected chi connectivity index (χ3v) is 4.27. The Hall–Kier alpha value is -1.14. The predicted molar refractivity (Wildman–Crippen MR) is 75.2 cm³/mol. The summed E-state index contributed by atoms with van der Waals surface area (Å²) in [5.41, 5.74) is 0. The highest BCUT2D eigenvalue weighted by Gasteiger charge is 2.26. The van der Waals surface area contributed by atoms with Gasteiger partial charge in [-0.3, -0.25) is 15.0 Å². The molecule has 3 amide bonds. The van der Waals surface area contributed by atoms with Crippen molar-refractivity contribution in [2.75, 3.05) is 19.7 Å². The maximum absolute atomic E-state index is 11.9. The average molecular weight is 283 g/mol. The first-order valence-electron chi connectivity index (χ1n) is 7.64. The Morgan fingerprint density at radius 2 is 1.80 bits per heavy atom. The van der Waals surface area contributed by atoms with Gasteiger partial charge in [0.05, 0.1) is 13.2 Å². The van der Waals surface area contributed by atoms with Gasteiger partial charge in [0.2, 0.25) is 5.91 Å². The molecular weight excluding hydrogens is 258 g/mol. The lowest BCUT2D eigenvalue weighted by molar-refractivity contribution is -0.122. The van der Waals surface area contributed by atoms with Gasteiger partial charge in [-0.1, -0.05) is 19.3 Å². The molecule has 0 aliphatic heterocycles. The van der Waals surface area contributed by atoms with E-state index in [1.54, 1.807) is 0 Å². The second kappa shape index (κ2) is 7.59. The Morgan fingerprint density at radius 1 is 1.10 bits per heavy atom. The lowest BCUT2D eigenvalue weighted by Crippen LogP contribution is -2.50. The van der Waals surface area contributed by atoms with E-state index in [0.717, 1.165) is 38.5 Å². The van der Waals surface area contributed by atoms with E-state index < -0.39 is 0 Å². The summed E-state index contributed by atoms with van der Waals surface area (Å²) in [6.45, 7) is 0.712. The number of carbonyl (C=O) groups is 2. The number of nitrogens with zero attached hydrogens (tertiary/aromatic N) is 1. The van der Waals surface area contributed by atoms with E-state index >= 15 is 0 Å². The summed E-state index contributed by atoms with van der Waals surface area (Å²) in [5.74, 6) is -0.291. The molecule has 2 fully saturated rings. The first-order chi connectivity index (χ1) is 9.69. The van der Waals surface area contributed by atoms with Crippen molar-refractivity contribution in [3.05, 3.63) is 0 Å². The molecule has 0 spiro atoms. The molecule has 0 bridgehead atoms. The van der Waals surface area contributed by atoms with E-state index in [4.69, 9.17) is 5.11 Å². The zero-order chi connectivity index (χ0) is 14.4. The van der Waals surface area contributed by atoms with Crippen molar-refractivity contribution in [3.63, 3.8) is 0 Å². The number of rotatable bonds is 6. The molecule has 20 heavy (non-hydrogen) atoms. The first-order valence-corrected chi connectivity index (χ1v) is 7.64. The van der Waals surface area contributed by atoms with Crippen LogP contribution in [0.15, 0.2) is 0 Å². The maximum atomic E-state index is 11.9. The minimum atomic E-state index is -0.389. The Bertz CT molecular complexity index is 339. The first kappa shape index (κ1) is 15.3. The zero-order valence-corrected chi connectivity index (χ0v) is 11.9. The number of hydrogen-bond donors (Lipinski definition) is 3. The summed E-state index contributed by atoms with van der Waals surface area (Å²) < 4.78 is 0. The van der Waals surface area contributed by atoms with E-state index in [9.17, 15) is 9.59 Å². The highest BCUT2D eigenvalue weighted by molar-refractivity contribution is 5.95. The van der Waals surface area contributed by atoms with Gasteiger partial charge in [-0.15, -0.1) is 0 Å². The van der Waals surface area contributed by atoms with Crippen molar-refractivity contribution in [1.82, 2.24) is 15.5 Å². The molecule has 2 saturated carbocycles. The van der Waals surface area contributed by atoms with E-state index in [1.165, 1.54) is 6.42 Å². The summed E-state index contributed by atoms with van der Waals surface area (Å²) in [6.07, 6.45) is 7.61. The molecule has 114 valence electrons. The largest absolute Gasteiger partial charge is 0.395 e. The number of aliphatic hydroxyl groups excluding tert-OH is 1. The summed E-state index contributed by atoms with van der Waals surface area (Å²) >= 11 is 0. The molecule has 0 aromatic rings. The second-order valence-corrected chi connectivity index (χ2v) is 5.78. The molecule has 0 aromatic heterocycles. The third kappa shape index (κ3) is 4.45. The molecule has 3 N–H and O–H groups in total. The van der Waals surface area contributed by atoms with Gasteiger partial charge in [-0.25, -0.2) is 4.79 Å². The Kier molecular flexibility index (Phi) is 5.79. The number of imide groups is 1. The Labute approximate surface area is 119 Å². The van der Waals surface area contributed by atoms with Crippen LogP contribution >= 0.6 is 0 Å². The van der Waals surface area contributed by atoms with Crippen LogP contribution in [0.3, 0.4) is 0 Å². The molecule has 6 nitrogen and oxygen atoms in total. The molecule has 0 saturated heterocycles. The normalized spacial score (nSPS) is 19.9. The van der Waals surface area contributed by atoms with Crippen molar-refractivity contribution in [2.24, 2.45) is 0 Å². The van der Waals surface area contributed by atoms with Crippen molar-refractivity contribution in [2.45, 2.75) is 57.0 Å². The number of hydrogen-bond acceptors (Lipinski definition) is 4. The van der Waals surface area contributed by atoms with Crippen LogP contribution in [0.1, 0.15) is 44.9 Å². The van der Waals surface area contributed by atoms with Crippen LogP contribution in [0.4, 0.5) is 4.79 Å². The van der Waals surface area contributed by atoms with E-state index in [1.807, 2.05) is 4.90 Å². The third-order valence-electron chi connectivity index (χ3n) is 4.27. The van der Waals surface area contributed by atoms with E-state index in [0.29, 0.717) is 12.6 Å². The van der Waals surface area contributed by atoms with Gasteiger partial charge in [-0.05, 0) is 25.7 Å². The van der Waals surface area contributed by atoms with Crippen molar-refractivity contribution >= 4 is 11.9 Å². The van der Waals surface area contributed by atoms with Crippen LogP contribution in [-0.4, -0.2) is 53.7 Å². The standard InChI is InChI=1S/C14H25N3O3/c18-9-8-17(12-6-3-7-12)10-13(19)16-14(20)15-11-4-1-2-5-11/h11-12,18H,1-10H2,(H2,15,16,19,20). The number of nitrogens with one attached hydrogen (secondary N) is 2. The summed E-state index contributed by atoms with van der Waals surface area (Å²) in [4.78, 5) is 25.5. The molecule has 0 aromatic carbocycles. The van der Waals surface area contributed by atoms with E-state index in [2.05, 4.69) is 10.6 Å². The molecular formula is C14H25N3O3. The number of aliphatic hydroxyl groups is 1. The molecule has 2 aliphatic rings. The van der Waals surface area contributed by atoms with Crippen LogP contribution in [-0.2, 0) is 4.79 Å². The highest BCUT2D eigenvalue weighted by atomic mass is 16.3. The Morgan fingerprint density at radius 3 is 2.35 bits per heavy atom. The van der Waals surface area contributed by atoms with Gasteiger partial charge in [0.1, 0.15) is 0 Å². The quantitative estimate of drug-likeness (QED) is 0.667. The van der Waals surface area contributed by atoms with Crippen LogP contribution in [0.25, 0.3) is 0 Å². The van der Waals surface area contributed by atoms with Gasteiger partial charge < -0.3 is 10.4 Å². The molecule has 0 atom stereocenters. The fraction of sp³-hybridized carbons (Fsp3) is 0.857. The predicted octanol–water partition coefficient (Wildman–Crippen LogP) is 0.602. The van der Waals surface area contributed by atoms with Crippen molar-refractivity contribution < 1.29 is 14.7 Å². The maximum Gasteiger partial charge on any atom is 0.321 e. The fourth-order valence-corrected chi connectivity index (χ4v) is 2.91. The molecule has 2 rings (SSSR count). The topological polar surface area (TPSA) is 81.7 Å². The SMILES string of the molecule is O=C(CN(CCO)C1CCC1)NC(=O)NC1CCCC1. The minimum Gasteiger partial charge on any atom is -0.395 e. The smallest absolute Gasteiger partial charge is 0.321 e. The molecule has 0 radical (unpaired) electrons. The summed E-state index contributed by atoms with van der Waals surface area (Å²) in [7, 11) is 0. The fourth-order valence-electron chi connectivity index (χ4n) is 2.91. The number of urea groups is 1. The highest BCUT2D eigenvalue weighted by Crippen LogP contribution is 2.24. The van der Waals surface area contributed by atoms with Crippen molar-refractivity contribution in [3.8, 4) is 0 Å². The second-order valence-electron chi connectivity index (χ2n) is 5.78. The molecule has 0 heterocycles. The number of amides is 3. The number of carbonyl (C=O) groups excluding carboxylic acids is 2. The van der Waals surface area contributed by atoms with Crippen LogP contribution < -0.4 is 10.6 Å². The van der Waals surface area contributed by atoms with Crippen molar-refractivity contribution in [1.29, 1.82) is 0 Å². The van der Waals surface area contributed by atoms with E-state index in [-0.39, 0.29) is 31.1 Å². The van der Waals surface area contributed by atoms with Gasteiger partial charge >= 0.3 is 6.03 Å². The lowest BCUT2D eigenvalue weighted by atomic mass is 9.91.